The van der Waals surface area contributed by atoms with Crippen LogP contribution in [0.25, 0.3) is 11.0 Å². The topological polar surface area (TPSA) is 78.4 Å². The van der Waals surface area contributed by atoms with Crippen molar-refractivity contribution in [1.29, 1.82) is 0 Å². The molecule has 4 atom stereocenters. The van der Waals surface area contributed by atoms with E-state index in [0.717, 1.165) is 12.0 Å². The lowest BCUT2D eigenvalue weighted by atomic mass is 10.1. The quantitative estimate of drug-likeness (QED) is 0.665. The van der Waals surface area contributed by atoms with Gasteiger partial charge in [0.1, 0.15) is 12.2 Å². The van der Waals surface area contributed by atoms with Crippen LogP contribution in [0.1, 0.15) is 39.0 Å². The second kappa shape index (κ2) is 5.84. The molecule has 0 radical (unpaired) electrons. The molecular weight excluding hydrogens is 342 g/mol. The van der Waals surface area contributed by atoms with Crippen LogP contribution in [0.5, 0.6) is 0 Å². The predicted molar refractivity (Wildman–Crippen MR) is 94.9 cm³/mol. The molecule has 0 aromatic carbocycles. The minimum absolute atomic E-state index is 0.0449. The lowest BCUT2D eigenvalue weighted by Gasteiger charge is -2.24. The van der Waals surface area contributed by atoms with Crippen molar-refractivity contribution in [3.05, 3.63) is 22.1 Å². The number of aromatic nitrogens is 3. The van der Waals surface area contributed by atoms with Crippen LogP contribution in [0.2, 0.25) is 0 Å². The zero-order valence-corrected chi connectivity index (χ0v) is 15.8. The summed E-state index contributed by atoms with van der Waals surface area (Å²) in [7, 11) is 0. The van der Waals surface area contributed by atoms with Crippen LogP contribution in [-0.2, 0) is 14.2 Å². The highest BCUT2D eigenvalue weighted by atomic mass is 32.2. The van der Waals surface area contributed by atoms with Gasteiger partial charge in [-0.25, -0.2) is 4.98 Å². The minimum Gasteiger partial charge on any atom is -0.349 e. The molecule has 136 valence electrons. The summed E-state index contributed by atoms with van der Waals surface area (Å²) in [5.74, 6) is -0.641. The molecule has 1 N–H and O–H groups in total. The Morgan fingerprint density at radius 3 is 2.76 bits per heavy atom. The molecule has 4 rings (SSSR count). The SMILES string of the molecule is CC[C@H]1OC(n2cc(C)c3c(=O)[nH]c(SC)nc32)C2OC(C)(C)OC21. The van der Waals surface area contributed by atoms with E-state index in [9.17, 15) is 4.79 Å². The Morgan fingerprint density at radius 2 is 2.08 bits per heavy atom. The summed E-state index contributed by atoms with van der Waals surface area (Å²) in [6.45, 7) is 7.83. The van der Waals surface area contributed by atoms with E-state index in [2.05, 4.69) is 16.9 Å². The van der Waals surface area contributed by atoms with Crippen LogP contribution in [0, 0.1) is 6.92 Å². The zero-order chi connectivity index (χ0) is 17.9. The number of aromatic amines is 1. The summed E-state index contributed by atoms with van der Waals surface area (Å²) in [5.41, 5.74) is 1.37. The summed E-state index contributed by atoms with van der Waals surface area (Å²) in [4.78, 5) is 19.9. The second-order valence-corrected chi connectivity index (χ2v) is 7.83. The fourth-order valence-electron chi connectivity index (χ4n) is 3.82. The largest absolute Gasteiger partial charge is 0.349 e. The second-order valence-electron chi connectivity index (χ2n) is 7.03. The maximum Gasteiger partial charge on any atom is 0.261 e. The number of nitrogens with one attached hydrogen (secondary N) is 1. The van der Waals surface area contributed by atoms with E-state index in [1.54, 1.807) is 0 Å². The molecule has 2 aliphatic rings. The molecule has 0 bridgehead atoms. The van der Waals surface area contributed by atoms with Gasteiger partial charge < -0.3 is 23.8 Å². The Morgan fingerprint density at radius 1 is 1.36 bits per heavy atom. The Bertz CT molecular complexity index is 875. The molecule has 0 spiro atoms. The van der Waals surface area contributed by atoms with Gasteiger partial charge >= 0.3 is 0 Å². The van der Waals surface area contributed by atoms with Crippen molar-refractivity contribution < 1.29 is 14.2 Å². The Labute approximate surface area is 150 Å². The van der Waals surface area contributed by atoms with Gasteiger partial charge in [0.2, 0.25) is 0 Å². The third kappa shape index (κ3) is 2.63. The Kier molecular flexibility index (Phi) is 3.99. The molecular formula is C17H23N3O4S. The summed E-state index contributed by atoms with van der Waals surface area (Å²) in [6, 6.07) is 0. The first-order valence-electron chi connectivity index (χ1n) is 8.51. The molecule has 3 unspecified atom stereocenters. The molecule has 2 fully saturated rings. The smallest absolute Gasteiger partial charge is 0.261 e. The predicted octanol–water partition coefficient (Wildman–Crippen LogP) is 2.58. The van der Waals surface area contributed by atoms with Crippen molar-refractivity contribution in [3.63, 3.8) is 0 Å². The number of H-pyrrole nitrogens is 1. The van der Waals surface area contributed by atoms with Gasteiger partial charge in [0, 0.05) is 6.20 Å². The summed E-state index contributed by atoms with van der Waals surface area (Å²) < 4.78 is 20.4. The fraction of sp³-hybridized carbons (Fsp3) is 0.647. The van der Waals surface area contributed by atoms with E-state index in [-0.39, 0.29) is 30.1 Å². The third-order valence-corrected chi connectivity index (χ3v) is 5.43. The first-order valence-corrected chi connectivity index (χ1v) is 9.73. The van der Waals surface area contributed by atoms with Gasteiger partial charge in [0.15, 0.2) is 22.8 Å². The van der Waals surface area contributed by atoms with E-state index < -0.39 is 5.79 Å². The van der Waals surface area contributed by atoms with Crippen LogP contribution in [0.15, 0.2) is 16.1 Å². The maximum atomic E-state index is 12.4. The van der Waals surface area contributed by atoms with Crippen LogP contribution >= 0.6 is 11.8 Å². The van der Waals surface area contributed by atoms with Gasteiger partial charge in [0.05, 0.1) is 11.5 Å². The molecule has 7 nitrogen and oxygen atoms in total. The number of hydrogen-bond acceptors (Lipinski definition) is 6. The molecule has 8 heteroatoms. The van der Waals surface area contributed by atoms with E-state index in [1.165, 1.54) is 11.8 Å². The van der Waals surface area contributed by atoms with Gasteiger partial charge in [-0.05, 0) is 39.0 Å². The first-order chi connectivity index (χ1) is 11.8. The molecule has 4 heterocycles. The fourth-order valence-corrected chi connectivity index (χ4v) is 4.19. The number of nitrogens with zero attached hydrogens (tertiary/aromatic N) is 2. The first kappa shape index (κ1) is 17.1. The Hall–Kier alpha value is -1.35. The Balaban J connectivity index is 1.84. The highest BCUT2D eigenvalue weighted by molar-refractivity contribution is 7.98. The van der Waals surface area contributed by atoms with Gasteiger partial charge in [0.25, 0.3) is 5.56 Å². The van der Waals surface area contributed by atoms with Gasteiger partial charge in [-0.2, -0.15) is 0 Å². The number of thioether (sulfide) groups is 1. The molecule has 0 saturated carbocycles. The highest BCUT2D eigenvalue weighted by Crippen LogP contribution is 2.44. The number of aryl methyl sites for hydroxylation is 1. The van der Waals surface area contributed by atoms with Gasteiger partial charge in [-0.15, -0.1) is 0 Å². The molecule has 2 aromatic heterocycles. The molecule has 2 aliphatic heterocycles. The van der Waals surface area contributed by atoms with Crippen molar-refractivity contribution in [1.82, 2.24) is 14.5 Å². The maximum absolute atomic E-state index is 12.4. The molecule has 25 heavy (non-hydrogen) atoms. The van der Waals surface area contributed by atoms with Crippen LogP contribution in [0.4, 0.5) is 0 Å². The summed E-state index contributed by atoms with van der Waals surface area (Å²) in [5, 5.41) is 1.18. The minimum atomic E-state index is -0.641. The van der Waals surface area contributed by atoms with E-state index in [0.29, 0.717) is 16.2 Å². The summed E-state index contributed by atoms with van der Waals surface area (Å²) >= 11 is 1.41. The number of rotatable bonds is 3. The lowest BCUT2D eigenvalue weighted by molar-refractivity contribution is -0.196. The summed E-state index contributed by atoms with van der Waals surface area (Å²) in [6.07, 6.45) is 3.88. The van der Waals surface area contributed by atoms with Crippen molar-refractivity contribution in [2.45, 2.75) is 69.6 Å². The number of fused-ring (bicyclic) bond motifs is 2. The van der Waals surface area contributed by atoms with Gasteiger partial charge in [-0.1, -0.05) is 18.7 Å². The van der Waals surface area contributed by atoms with Crippen LogP contribution in [0.3, 0.4) is 0 Å². The van der Waals surface area contributed by atoms with E-state index in [4.69, 9.17) is 14.2 Å². The van der Waals surface area contributed by atoms with Gasteiger partial charge in [-0.3, -0.25) is 4.79 Å². The van der Waals surface area contributed by atoms with Crippen molar-refractivity contribution >= 4 is 22.8 Å². The highest BCUT2D eigenvalue weighted by Gasteiger charge is 2.55. The van der Waals surface area contributed by atoms with Crippen molar-refractivity contribution in [2.24, 2.45) is 0 Å². The number of ether oxygens (including phenoxy) is 3. The zero-order valence-electron chi connectivity index (χ0n) is 15.0. The van der Waals surface area contributed by atoms with Crippen LogP contribution in [-0.4, -0.2) is 44.9 Å². The third-order valence-electron chi connectivity index (χ3n) is 4.85. The van der Waals surface area contributed by atoms with Crippen LogP contribution < -0.4 is 5.56 Å². The molecule has 0 amide bonds. The van der Waals surface area contributed by atoms with E-state index >= 15 is 0 Å². The standard InChI is InChI=1S/C17H23N3O4S/c1-6-9-11-12(24-17(3,4)23-11)15(22-9)20-7-8(2)10-13(20)18-16(25-5)19-14(10)21/h7,9,11-12,15H,6H2,1-5H3,(H,18,19,21)/t9-,11?,12?,15?/m1/s1. The number of hydrogen-bond donors (Lipinski definition) is 1. The average Bonchev–Trinajstić information content (AvgIpc) is 3.15. The lowest BCUT2D eigenvalue weighted by Crippen LogP contribution is -2.28. The molecule has 0 aliphatic carbocycles. The van der Waals surface area contributed by atoms with Crippen molar-refractivity contribution in [2.75, 3.05) is 6.26 Å². The average molecular weight is 365 g/mol. The van der Waals surface area contributed by atoms with E-state index in [1.807, 2.05) is 37.8 Å². The monoisotopic (exact) mass is 365 g/mol. The molecule has 2 aromatic rings. The molecule has 2 saturated heterocycles. The van der Waals surface area contributed by atoms with Crippen molar-refractivity contribution in [3.8, 4) is 0 Å². The normalized spacial score (nSPS) is 30.9.